The molecule has 118 valence electrons. The maximum Gasteiger partial charge on any atom is 0.244 e. The van der Waals surface area contributed by atoms with Gasteiger partial charge in [-0.2, -0.15) is 4.31 Å². The first kappa shape index (κ1) is 15.5. The summed E-state index contributed by atoms with van der Waals surface area (Å²) in [6.45, 7) is 3.44. The lowest BCUT2D eigenvalue weighted by Crippen LogP contribution is -2.43. The van der Waals surface area contributed by atoms with Gasteiger partial charge in [-0.3, -0.25) is 0 Å². The molecule has 0 amide bonds. The van der Waals surface area contributed by atoms with E-state index in [1.165, 1.54) is 12.8 Å². The van der Waals surface area contributed by atoms with Gasteiger partial charge >= 0.3 is 0 Å². The van der Waals surface area contributed by atoms with Gasteiger partial charge in [0.2, 0.25) is 10.0 Å². The van der Waals surface area contributed by atoms with Gasteiger partial charge in [-0.15, -0.1) is 11.3 Å². The Kier molecular flexibility index (Phi) is 4.69. The number of hydrogen-bond acceptors (Lipinski definition) is 4. The molecule has 1 aromatic rings. The van der Waals surface area contributed by atoms with Crippen LogP contribution in [0.5, 0.6) is 0 Å². The summed E-state index contributed by atoms with van der Waals surface area (Å²) < 4.78 is 27.8. The second kappa shape index (κ2) is 6.36. The maximum absolute atomic E-state index is 13.0. The fourth-order valence-electron chi connectivity index (χ4n) is 3.04. The number of piperidine rings is 1. The van der Waals surface area contributed by atoms with Crippen LogP contribution in [-0.2, 0) is 16.6 Å². The molecular weight excluding hydrogens is 304 g/mol. The van der Waals surface area contributed by atoms with Crippen molar-refractivity contribution in [2.24, 2.45) is 0 Å². The van der Waals surface area contributed by atoms with Gasteiger partial charge in [0, 0.05) is 30.1 Å². The van der Waals surface area contributed by atoms with E-state index in [4.69, 9.17) is 0 Å². The number of sulfonamides is 1. The lowest BCUT2D eigenvalue weighted by molar-refractivity contribution is 0.246. The molecule has 1 aliphatic heterocycles. The quantitative estimate of drug-likeness (QED) is 0.873. The van der Waals surface area contributed by atoms with Gasteiger partial charge in [-0.1, -0.05) is 13.3 Å². The third kappa shape index (κ3) is 3.33. The van der Waals surface area contributed by atoms with E-state index in [9.17, 15) is 8.42 Å². The van der Waals surface area contributed by atoms with Crippen LogP contribution in [0.4, 0.5) is 0 Å². The van der Waals surface area contributed by atoms with E-state index < -0.39 is 10.0 Å². The lowest BCUT2D eigenvalue weighted by Gasteiger charge is -2.34. The summed E-state index contributed by atoms with van der Waals surface area (Å²) in [6.07, 6.45) is 6.46. The average Bonchev–Trinajstić information content (AvgIpc) is 3.20. The number of nitrogens with zero attached hydrogens (tertiary/aromatic N) is 1. The SMILES string of the molecule is CCC1CCCCN1S(=O)(=O)c1ccsc1CNC1CC1. The first-order chi connectivity index (χ1) is 10.1. The van der Waals surface area contributed by atoms with E-state index >= 15 is 0 Å². The molecule has 1 aromatic heterocycles. The smallest absolute Gasteiger partial charge is 0.244 e. The summed E-state index contributed by atoms with van der Waals surface area (Å²) >= 11 is 1.55. The Morgan fingerprint density at radius 2 is 2.14 bits per heavy atom. The minimum atomic E-state index is -3.33. The van der Waals surface area contributed by atoms with Crippen LogP contribution < -0.4 is 5.32 Å². The zero-order chi connectivity index (χ0) is 14.9. The minimum absolute atomic E-state index is 0.174. The normalized spacial score (nSPS) is 24.3. The molecule has 21 heavy (non-hydrogen) atoms. The molecule has 1 N–H and O–H groups in total. The number of rotatable bonds is 6. The molecule has 2 fully saturated rings. The highest BCUT2D eigenvalue weighted by Gasteiger charge is 2.34. The van der Waals surface area contributed by atoms with E-state index in [-0.39, 0.29) is 6.04 Å². The Labute approximate surface area is 131 Å². The van der Waals surface area contributed by atoms with Crippen molar-refractivity contribution in [3.63, 3.8) is 0 Å². The van der Waals surface area contributed by atoms with Crippen molar-refractivity contribution in [2.75, 3.05) is 6.54 Å². The van der Waals surface area contributed by atoms with Crippen molar-refractivity contribution >= 4 is 21.4 Å². The molecule has 1 atom stereocenters. The summed E-state index contributed by atoms with van der Waals surface area (Å²) in [5.74, 6) is 0. The van der Waals surface area contributed by atoms with Gasteiger partial charge in [0.1, 0.15) is 0 Å². The monoisotopic (exact) mass is 328 g/mol. The van der Waals surface area contributed by atoms with Crippen LogP contribution in [0.15, 0.2) is 16.3 Å². The van der Waals surface area contributed by atoms with Crippen molar-refractivity contribution in [1.29, 1.82) is 0 Å². The lowest BCUT2D eigenvalue weighted by atomic mass is 10.0. The Balaban J connectivity index is 1.81. The Morgan fingerprint density at radius 3 is 2.86 bits per heavy atom. The zero-order valence-corrected chi connectivity index (χ0v) is 14.2. The van der Waals surface area contributed by atoms with Crippen LogP contribution in [0.3, 0.4) is 0 Å². The largest absolute Gasteiger partial charge is 0.309 e. The molecule has 2 aliphatic rings. The summed E-state index contributed by atoms with van der Waals surface area (Å²) in [7, 11) is -3.33. The molecule has 0 radical (unpaired) electrons. The minimum Gasteiger partial charge on any atom is -0.309 e. The summed E-state index contributed by atoms with van der Waals surface area (Å²) in [5.41, 5.74) is 0. The molecular formula is C15H24N2O2S2. The Hall–Kier alpha value is -0.430. The van der Waals surface area contributed by atoms with Crippen LogP contribution in [0.2, 0.25) is 0 Å². The van der Waals surface area contributed by atoms with E-state index in [0.29, 0.717) is 24.0 Å². The first-order valence-corrected chi connectivity index (χ1v) is 10.3. The number of thiophene rings is 1. The summed E-state index contributed by atoms with van der Waals surface area (Å²) in [5, 5.41) is 5.33. The van der Waals surface area contributed by atoms with E-state index in [1.807, 2.05) is 5.38 Å². The highest BCUT2D eigenvalue weighted by molar-refractivity contribution is 7.89. The Bertz CT molecular complexity index is 578. The van der Waals surface area contributed by atoms with Crippen molar-refractivity contribution in [3.8, 4) is 0 Å². The molecule has 0 aromatic carbocycles. The average molecular weight is 329 g/mol. The molecule has 2 heterocycles. The third-order valence-electron chi connectivity index (χ3n) is 4.46. The Morgan fingerprint density at radius 1 is 1.33 bits per heavy atom. The first-order valence-electron chi connectivity index (χ1n) is 7.94. The highest BCUT2D eigenvalue weighted by Crippen LogP contribution is 2.31. The van der Waals surface area contributed by atoms with E-state index in [0.717, 1.165) is 30.6 Å². The molecule has 3 rings (SSSR count). The maximum atomic E-state index is 13.0. The van der Waals surface area contributed by atoms with Gasteiger partial charge < -0.3 is 5.32 Å². The number of nitrogens with one attached hydrogen (secondary N) is 1. The van der Waals surface area contributed by atoms with Crippen molar-refractivity contribution in [2.45, 2.75) is 69.0 Å². The van der Waals surface area contributed by atoms with Gasteiger partial charge in [-0.25, -0.2) is 8.42 Å². The van der Waals surface area contributed by atoms with Crippen molar-refractivity contribution < 1.29 is 8.42 Å². The summed E-state index contributed by atoms with van der Waals surface area (Å²) in [6, 6.07) is 2.56. The molecule has 0 bridgehead atoms. The van der Waals surface area contributed by atoms with Crippen LogP contribution in [0.1, 0.15) is 50.3 Å². The molecule has 6 heteroatoms. The highest BCUT2D eigenvalue weighted by atomic mass is 32.2. The van der Waals surface area contributed by atoms with Crippen LogP contribution in [0.25, 0.3) is 0 Å². The second-order valence-corrected chi connectivity index (χ2v) is 8.90. The molecule has 4 nitrogen and oxygen atoms in total. The van der Waals surface area contributed by atoms with Crippen LogP contribution >= 0.6 is 11.3 Å². The molecule has 1 saturated carbocycles. The van der Waals surface area contributed by atoms with E-state index in [1.54, 1.807) is 21.7 Å². The predicted octanol–water partition coefficient (Wildman–Crippen LogP) is 2.95. The molecule has 1 saturated heterocycles. The van der Waals surface area contributed by atoms with E-state index in [2.05, 4.69) is 12.2 Å². The van der Waals surface area contributed by atoms with Crippen molar-refractivity contribution in [1.82, 2.24) is 9.62 Å². The standard InChI is InChI=1S/C15H24N2O2S2/c1-2-13-5-3-4-9-17(13)21(18,19)15-8-10-20-14(15)11-16-12-6-7-12/h8,10,12-13,16H,2-7,9,11H2,1H3. The van der Waals surface area contributed by atoms with Crippen molar-refractivity contribution in [3.05, 3.63) is 16.3 Å². The van der Waals surface area contributed by atoms with Gasteiger partial charge in [0.15, 0.2) is 0 Å². The summed E-state index contributed by atoms with van der Waals surface area (Å²) in [4.78, 5) is 1.49. The fraction of sp³-hybridized carbons (Fsp3) is 0.733. The third-order valence-corrected chi connectivity index (χ3v) is 7.55. The fourth-order valence-corrected chi connectivity index (χ4v) is 6.17. The van der Waals surface area contributed by atoms with Gasteiger partial charge in [0.05, 0.1) is 4.90 Å². The van der Waals surface area contributed by atoms with Crippen LogP contribution in [-0.4, -0.2) is 31.4 Å². The number of hydrogen-bond donors (Lipinski definition) is 1. The molecule has 1 aliphatic carbocycles. The zero-order valence-electron chi connectivity index (χ0n) is 12.5. The topological polar surface area (TPSA) is 49.4 Å². The second-order valence-electron chi connectivity index (χ2n) is 6.04. The van der Waals surface area contributed by atoms with Gasteiger partial charge in [-0.05, 0) is 43.6 Å². The molecule has 1 unspecified atom stereocenters. The molecule has 0 spiro atoms. The van der Waals surface area contributed by atoms with Gasteiger partial charge in [0.25, 0.3) is 0 Å². The van der Waals surface area contributed by atoms with Crippen LogP contribution in [0, 0.1) is 0 Å². The predicted molar refractivity (Wildman–Crippen MR) is 86.0 cm³/mol.